The molecule has 10 saturated heterocycles. The molecule has 0 radical (unpaired) electrons. The molecule has 10 aliphatic rings. The monoisotopic (exact) mass is 1790 g/mol. The Morgan fingerprint density at radius 1 is 0.230 bits per heavy atom. The highest BCUT2D eigenvalue weighted by molar-refractivity contribution is 5.74. The fraction of sp³-hybridized carbons (Fsp3) is 0.941. The summed E-state index contributed by atoms with van der Waals surface area (Å²) in [7, 11) is 0. The van der Waals surface area contributed by atoms with Crippen LogP contribution < -0.4 is 21.3 Å². The van der Waals surface area contributed by atoms with Gasteiger partial charge in [-0.2, -0.15) is 0 Å². The Bertz CT molecular complexity index is 3290. The average Bonchev–Trinajstić information content (AvgIpc) is 0.775. The molecule has 0 saturated carbocycles. The molecule has 0 aliphatic carbocycles. The number of hydrogen-bond acceptors (Lipinski definition) is 50. The number of nitrogens with one attached hydrogen (secondary N) is 4. The predicted octanol–water partition coefficient (Wildman–Crippen LogP) is -21.2. The summed E-state index contributed by atoms with van der Waals surface area (Å²) >= 11 is 0. The van der Waals surface area contributed by atoms with Crippen molar-refractivity contribution in [2.75, 3.05) is 59.5 Å². The Morgan fingerprint density at radius 2 is 0.500 bits per heavy atom. The number of aliphatic hydroxyl groups is 27. The number of carbonyl (C=O) groups is 4. The first-order valence-electron chi connectivity index (χ1n) is 39.0. The van der Waals surface area contributed by atoms with Crippen molar-refractivity contribution in [3.8, 4) is 0 Å². The van der Waals surface area contributed by atoms with Gasteiger partial charge in [0.15, 0.2) is 62.9 Å². The van der Waals surface area contributed by atoms with Gasteiger partial charge in [0.25, 0.3) is 0 Å². The number of amides is 4. The van der Waals surface area contributed by atoms with Crippen LogP contribution in [0.1, 0.15) is 34.6 Å². The van der Waals surface area contributed by atoms with Gasteiger partial charge in [-0.1, -0.05) is 0 Å². The molecule has 0 unspecified atom stereocenters. The second kappa shape index (κ2) is 43.6. The lowest BCUT2D eigenvalue weighted by atomic mass is 9.93. The molecule has 0 bridgehead atoms. The average molecular weight is 1790 g/mol. The van der Waals surface area contributed by atoms with E-state index in [1.807, 2.05) is 0 Å². The van der Waals surface area contributed by atoms with E-state index in [0.29, 0.717) is 0 Å². The van der Waals surface area contributed by atoms with E-state index in [4.69, 9.17) is 90.0 Å². The topological polar surface area (TPSA) is 838 Å². The van der Waals surface area contributed by atoms with Crippen molar-refractivity contribution in [2.24, 2.45) is 0 Å². The molecule has 10 aliphatic heterocycles. The minimum Gasteiger partial charge on any atom is -0.394 e. The van der Waals surface area contributed by atoms with Crippen molar-refractivity contribution in [2.45, 2.75) is 341 Å². The number of hydrogen-bond donors (Lipinski definition) is 31. The molecule has 706 valence electrons. The van der Waals surface area contributed by atoms with E-state index >= 15 is 0 Å². The van der Waals surface area contributed by atoms with Crippen LogP contribution >= 0.6 is 0 Å². The van der Waals surface area contributed by atoms with Gasteiger partial charge in [-0.25, -0.2) is 0 Å². The normalized spacial score (nSPS) is 49.7. The maximum atomic E-state index is 13.3. The van der Waals surface area contributed by atoms with Crippen molar-refractivity contribution in [3.63, 3.8) is 0 Å². The summed E-state index contributed by atoms with van der Waals surface area (Å²) in [6.45, 7) is -4.83. The van der Waals surface area contributed by atoms with Crippen LogP contribution in [0, 0.1) is 0 Å². The second-order valence-corrected chi connectivity index (χ2v) is 31.0. The van der Waals surface area contributed by atoms with E-state index in [1.54, 1.807) is 0 Å². The van der Waals surface area contributed by atoms with Crippen molar-refractivity contribution >= 4 is 23.6 Å². The molecular formula is C68H114N4O50. The molecule has 0 spiro atoms. The fourth-order valence-corrected chi connectivity index (χ4v) is 15.8. The van der Waals surface area contributed by atoms with Gasteiger partial charge in [0.05, 0.1) is 65.6 Å². The van der Waals surface area contributed by atoms with Gasteiger partial charge in [-0.15, -0.1) is 0 Å². The maximum absolute atomic E-state index is 13.3. The van der Waals surface area contributed by atoms with Gasteiger partial charge in [-0.3, -0.25) is 19.2 Å². The highest BCUT2D eigenvalue weighted by atomic mass is 16.8. The highest BCUT2D eigenvalue weighted by Crippen LogP contribution is 2.41. The summed E-state index contributed by atoms with van der Waals surface area (Å²) in [5.41, 5.74) is 0. The molecule has 54 heteroatoms. The molecule has 4 amide bonds. The molecule has 54 nitrogen and oxygen atoms in total. The summed E-state index contributed by atoms with van der Waals surface area (Å²) in [5, 5.41) is 310. The lowest BCUT2D eigenvalue weighted by molar-refractivity contribution is -0.399. The third kappa shape index (κ3) is 22.0. The zero-order valence-corrected chi connectivity index (χ0v) is 65.7. The highest BCUT2D eigenvalue weighted by Gasteiger charge is 2.62. The first-order valence-corrected chi connectivity index (χ1v) is 39.0. The number of ether oxygens (including phenoxy) is 19. The zero-order chi connectivity index (χ0) is 89.8. The Kier molecular flexibility index (Phi) is 35.8. The fourth-order valence-electron chi connectivity index (χ4n) is 15.8. The molecule has 0 aromatic carbocycles. The SMILES string of the molecule is CC(=O)N[C@@H]1[C@H](O[C@@H]2[C@@H](O[C@@H]3[C@H](O)[C@H](O[C@H]4[C@H](O)[C@@H](NC(C)=O)[C@H](O[C@H]5[C@H](O)[C@@H](NC(C)=O)[C@@H](O)O[C@@H]5CO[C@H]5O[C@H](C)[C@H](O)[C@H](O)[C@H]5O)O[C@@H]4CO)O[C@H](CO[C@H]4O[C@H](CO)[C@@H](O)[C@H](O)[C@@H]4O[C@@H]4O[C@H](CO)[C@@H](O[C@@H]5O[C@H](CO)[C@H](O)[C@H](O)[C@H]5O)[C@H](O)[C@H]4NC(C)=O)[C@H]3O)O[C@H](CO)[C@@H](O)[C@@H]2O)O[C@H](CO)[C@@H](O[C@@H]2O[C@H](CO)[C@H](O)[C@H](O)[C@H]2O)[C@@H]1O. The van der Waals surface area contributed by atoms with Crippen LogP contribution in [0.4, 0.5) is 0 Å². The predicted molar refractivity (Wildman–Crippen MR) is 375 cm³/mol. The summed E-state index contributed by atoms with van der Waals surface area (Å²) in [6, 6.07) is -7.69. The standard InChI is InChI=1S/C68H114N4O50/c1-15-33(84)43(94)48(99)63(106-15)104-14-28-55(39(90)29(59(103)107-28)69-16(2)80)116-60-30(70-17(3)81)40(91)54(26(12-79)112-60)119-66-51(102)56(120-68-58(47(98)37(88)23(9-76)111-68)122-62-32(72-19(5)83)42(93)53(25(11-78)114-62)118-65-50(101)45(96)35(86)21(7-74)109-65)38(89)27(115-66)13-105-67-57(46(97)36(87)22(8-75)110-67)121-61-31(71-18(4)82)41(92)52(24(10-77)113-61)117-64-49(100)44(95)34(85)20(6-73)108-64/h15,20-68,73-79,84-103H,6-14H2,1-5H3,(H,69,80)(H,70,81)(H,71,82)(H,72,83)/t15-,20-,21-,22-,23-,24-,25-,26-,27-,28-,29-,30-,31-,32+,33+,34+,35+,36-,37-,38-,39-,40-,41-,42-,43+,44+,45+,46+,47+,48-,49-,50-,51+,52-,53-,54-,55-,56+,57+,58+,59+,60+,61+,62+,63+,64+,65+,66+,67+,68-/m1/s1. The largest absolute Gasteiger partial charge is 0.394 e. The Hall–Kier alpha value is -3.96. The van der Waals surface area contributed by atoms with Crippen LogP contribution in [0.5, 0.6) is 0 Å². The van der Waals surface area contributed by atoms with Gasteiger partial charge in [0.1, 0.15) is 238 Å². The summed E-state index contributed by atoms with van der Waals surface area (Å²) in [6.07, 6.45) is -95.2. The summed E-state index contributed by atoms with van der Waals surface area (Å²) in [5.74, 6) is -3.76. The Balaban J connectivity index is 0.983. The van der Waals surface area contributed by atoms with E-state index in [1.165, 1.54) is 6.92 Å². The molecule has 50 atom stereocenters. The van der Waals surface area contributed by atoms with Crippen LogP contribution in [0.15, 0.2) is 0 Å². The molecule has 0 aromatic heterocycles. The lowest BCUT2D eigenvalue weighted by Gasteiger charge is -2.51. The molecule has 10 rings (SSSR count). The van der Waals surface area contributed by atoms with Crippen LogP contribution in [-0.4, -0.2) is 528 Å². The van der Waals surface area contributed by atoms with Crippen LogP contribution in [0.2, 0.25) is 0 Å². The van der Waals surface area contributed by atoms with E-state index in [2.05, 4.69) is 21.3 Å². The van der Waals surface area contributed by atoms with Gasteiger partial charge < -0.3 is 249 Å². The summed E-state index contributed by atoms with van der Waals surface area (Å²) < 4.78 is 113. The summed E-state index contributed by atoms with van der Waals surface area (Å²) in [4.78, 5) is 51.6. The number of aliphatic hydroxyl groups excluding tert-OH is 27. The van der Waals surface area contributed by atoms with E-state index in [0.717, 1.165) is 27.7 Å². The second-order valence-electron chi connectivity index (χ2n) is 31.0. The molecule has 10 fully saturated rings. The van der Waals surface area contributed by atoms with Crippen LogP contribution in [0.25, 0.3) is 0 Å². The lowest BCUT2D eigenvalue weighted by Crippen LogP contribution is -2.71. The molecule has 31 N–H and O–H groups in total. The van der Waals surface area contributed by atoms with Crippen LogP contribution in [0.3, 0.4) is 0 Å². The first kappa shape index (κ1) is 100. The van der Waals surface area contributed by atoms with Crippen molar-refractivity contribution in [1.82, 2.24) is 21.3 Å². The number of carbonyl (C=O) groups excluding carboxylic acids is 4. The van der Waals surface area contributed by atoms with Gasteiger partial charge >= 0.3 is 0 Å². The number of rotatable bonds is 31. The van der Waals surface area contributed by atoms with Crippen molar-refractivity contribution in [1.29, 1.82) is 0 Å². The molecule has 122 heavy (non-hydrogen) atoms. The van der Waals surface area contributed by atoms with Crippen LogP contribution in [-0.2, 0) is 109 Å². The van der Waals surface area contributed by atoms with E-state index < -0.39 is 390 Å². The minimum absolute atomic E-state index is 0.846. The zero-order valence-electron chi connectivity index (χ0n) is 65.7. The third-order valence-corrected chi connectivity index (χ3v) is 22.4. The minimum atomic E-state index is -2.63. The van der Waals surface area contributed by atoms with E-state index in [9.17, 15) is 157 Å². The maximum Gasteiger partial charge on any atom is 0.217 e. The van der Waals surface area contributed by atoms with E-state index in [-0.39, 0.29) is 0 Å². The van der Waals surface area contributed by atoms with Gasteiger partial charge in [0.2, 0.25) is 23.6 Å². The smallest absolute Gasteiger partial charge is 0.217 e. The molecular weight excluding hydrogens is 1670 g/mol. The van der Waals surface area contributed by atoms with Gasteiger partial charge in [0, 0.05) is 27.7 Å². The van der Waals surface area contributed by atoms with Crippen molar-refractivity contribution in [3.05, 3.63) is 0 Å². The van der Waals surface area contributed by atoms with Gasteiger partial charge in [-0.05, 0) is 6.92 Å². The third-order valence-electron chi connectivity index (χ3n) is 22.4. The molecule has 10 heterocycles. The first-order chi connectivity index (χ1) is 57.7. The van der Waals surface area contributed by atoms with Crippen molar-refractivity contribution < 1.29 is 247 Å². The Morgan fingerprint density at radius 3 is 0.893 bits per heavy atom. The Labute approximate surface area is 691 Å². The quantitative estimate of drug-likeness (QED) is 0.0306. The molecule has 0 aromatic rings.